The molecule has 204 valence electrons. The number of nitrogens with zero attached hydrogens (tertiary/aromatic N) is 5. The molecule has 0 unspecified atom stereocenters. The van der Waals surface area contributed by atoms with Crippen LogP contribution >= 0.6 is 0 Å². The van der Waals surface area contributed by atoms with Gasteiger partial charge in [0.15, 0.2) is 11.5 Å². The Balaban J connectivity index is 1.82. The number of amides is 2. The van der Waals surface area contributed by atoms with Gasteiger partial charge in [0, 0.05) is 26.1 Å². The molecule has 1 saturated heterocycles. The van der Waals surface area contributed by atoms with Gasteiger partial charge in [0.2, 0.25) is 5.91 Å². The summed E-state index contributed by atoms with van der Waals surface area (Å²) >= 11 is 0. The van der Waals surface area contributed by atoms with E-state index in [0.717, 1.165) is 6.08 Å². The van der Waals surface area contributed by atoms with Crippen LogP contribution in [0.5, 0.6) is 0 Å². The maximum Gasteiger partial charge on any atom is 0.320 e. The molecule has 3 aromatic rings. The topological polar surface area (TPSA) is 120 Å². The Morgan fingerprint density at radius 2 is 2.05 bits per heavy atom. The number of ether oxygens (including phenoxy) is 1. The summed E-state index contributed by atoms with van der Waals surface area (Å²) in [5, 5.41) is 7.20. The van der Waals surface area contributed by atoms with Crippen LogP contribution in [0, 0.1) is 30.4 Å². The fourth-order valence-electron chi connectivity index (χ4n) is 4.52. The summed E-state index contributed by atoms with van der Waals surface area (Å²) < 4.78 is 63.6. The maximum atomic E-state index is 15.2. The van der Waals surface area contributed by atoms with E-state index in [9.17, 15) is 22.8 Å². The van der Waals surface area contributed by atoms with Gasteiger partial charge < -0.3 is 20.7 Å². The van der Waals surface area contributed by atoms with Crippen molar-refractivity contribution in [3.8, 4) is 11.8 Å². The van der Waals surface area contributed by atoms with Crippen LogP contribution in [-0.2, 0) is 9.53 Å². The van der Waals surface area contributed by atoms with E-state index in [2.05, 4.69) is 33.8 Å². The first-order valence-corrected chi connectivity index (χ1v) is 11.5. The number of anilines is 1. The summed E-state index contributed by atoms with van der Waals surface area (Å²) in [7, 11) is 2.94. The largest absolute Gasteiger partial charge is 0.503 e. The lowest BCUT2D eigenvalue weighted by molar-refractivity contribution is -0.123. The second-order valence-corrected chi connectivity index (χ2v) is 8.46. The number of fused-ring (bicyclic) bond motifs is 1. The van der Waals surface area contributed by atoms with E-state index in [-0.39, 0.29) is 41.8 Å². The molecule has 1 aliphatic rings. The normalized spacial score (nSPS) is 16.1. The third kappa shape index (κ3) is 4.67. The number of likely N-dealkylation sites (tertiary alicyclic amines) is 1. The van der Waals surface area contributed by atoms with Gasteiger partial charge in [-0.2, -0.15) is 13.9 Å². The molecule has 1 fully saturated rings. The van der Waals surface area contributed by atoms with Gasteiger partial charge in [0.05, 0.1) is 29.9 Å². The summed E-state index contributed by atoms with van der Waals surface area (Å²) in [5.74, 6) is 1.02. The maximum absolute atomic E-state index is 15.2. The van der Waals surface area contributed by atoms with Crippen LogP contribution in [0.3, 0.4) is 0 Å². The Kier molecular flexibility index (Phi) is 7.35. The monoisotopic (exact) mass is 545 g/mol. The number of aromatic nitrogens is 4. The highest BCUT2D eigenvalue weighted by atomic mass is 19.3. The quantitative estimate of drug-likeness (QED) is 0.213. The fourth-order valence-corrected chi connectivity index (χ4v) is 4.52. The van der Waals surface area contributed by atoms with Crippen molar-refractivity contribution in [2.45, 2.75) is 25.9 Å². The van der Waals surface area contributed by atoms with Gasteiger partial charge in [-0.15, -0.1) is 0 Å². The molecule has 0 saturated carbocycles. The Labute approximate surface area is 219 Å². The predicted molar refractivity (Wildman–Crippen MR) is 133 cm³/mol. The number of primary amides is 1. The molecule has 4 rings (SSSR count). The summed E-state index contributed by atoms with van der Waals surface area (Å²) in [4.78, 5) is 29.9. The van der Waals surface area contributed by atoms with E-state index < -0.39 is 46.7 Å². The molecule has 2 amide bonds. The van der Waals surface area contributed by atoms with Crippen LogP contribution in [0.15, 0.2) is 30.7 Å². The number of rotatable bonds is 6. The molecule has 2 aromatic heterocycles. The summed E-state index contributed by atoms with van der Waals surface area (Å²) in [5.41, 5.74) is 4.14. The van der Waals surface area contributed by atoms with Crippen LogP contribution in [0.1, 0.15) is 46.5 Å². The number of imidazole rings is 1. The number of nitrogens with one attached hydrogen (secondary N) is 1. The number of benzene rings is 1. The van der Waals surface area contributed by atoms with Crippen molar-refractivity contribution in [3.63, 3.8) is 0 Å². The van der Waals surface area contributed by atoms with E-state index in [1.807, 2.05) is 0 Å². The number of halogens is 4. The number of allylic oxidation sites excluding steroid dienone is 1. The van der Waals surface area contributed by atoms with Crippen molar-refractivity contribution in [2.24, 2.45) is 5.73 Å². The molecule has 1 aliphatic heterocycles. The van der Waals surface area contributed by atoms with Crippen molar-refractivity contribution in [3.05, 3.63) is 65.0 Å². The molecule has 39 heavy (non-hydrogen) atoms. The number of aryl methyl sites for hydroxylation is 1. The third-order valence-corrected chi connectivity index (χ3v) is 6.17. The highest BCUT2D eigenvalue weighted by Gasteiger charge is 2.35. The molecule has 1 atom stereocenters. The lowest BCUT2D eigenvalue weighted by Gasteiger charge is -2.16. The average molecular weight is 545 g/mol. The zero-order chi connectivity index (χ0) is 28.6. The summed E-state index contributed by atoms with van der Waals surface area (Å²) in [6.45, 7) is 1.82. The smallest absolute Gasteiger partial charge is 0.320 e. The van der Waals surface area contributed by atoms with Gasteiger partial charge in [-0.05, 0) is 18.9 Å². The molecule has 14 heteroatoms. The Hall–Kier alpha value is -4.80. The first-order valence-electron chi connectivity index (χ1n) is 11.5. The van der Waals surface area contributed by atoms with E-state index in [1.165, 1.54) is 36.9 Å². The lowest BCUT2D eigenvalue weighted by Crippen LogP contribution is -2.27. The Morgan fingerprint density at radius 3 is 2.64 bits per heavy atom. The second-order valence-electron chi connectivity index (χ2n) is 8.46. The lowest BCUT2D eigenvalue weighted by atomic mass is 10.1. The molecule has 0 aliphatic carbocycles. The number of nitrogens with two attached hydrogens (primary N) is 1. The van der Waals surface area contributed by atoms with Crippen molar-refractivity contribution in [1.82, 2.24) is 24.2 Å². The number of alkyl halides is 2. The number of hydrogen-bond acceptors (Lipinski definition) is 6. The van der Waals surface area contributed by atoms with Crippen LogP contribution in [-0.4, -0.2) is 56.7 Å². The van der Waals surface area contributed by atoms with Crippen LogP contribution in [0.2, 0.25) is 0 Å². The van der Waals surface area contributed by atoms with Gasteiger partial charge in [0.1, 0.15) is 34.8 Å². The molecule has 1 aromatic carbocycles. The standard InChI is InChI=1S/C25H23F4N7O3/c1-5-19(37)34-10-13(8-14(34)11-39-4)36-24(31-3)20(23(30)38)17(33-36)7-6-15-16(26)9-18-22(21(15)27)32-12(2)35(18)25(28)29/h5,9,11,13,25,31H,1,8,10H2,2-4H3,(H2,30,38)/b14-11+/t13-/m0/s1. The van der Waals surface area contributed by atoms with Crippen molar-refractivity contribution < 1.29 is 31.9 Å². The fraction of sp³-hybridized carbons (Fsp3) is 0.280. The Morgan fingerprint density at radius 1 is 1.33 bits per heavy atom. The zero-order valence-electron chi connectivity index (χ0n) is 21.1. The molecule has 0 radical (unpaired) electrons. The van der Waals surface area contributed by atoms with Gasteiger partial charge >= 0.3 is 6.55 Å². The first-order chi connectivity index (χ1) is 18.5. The number of hydrogen-bond donors (Lipinski definition) is 2. The molecule has 0 bridgehead atoms. The van der Waals surface area contributed by atoms with Crippen molar-refractivity contribution in [2.75, 3.05) is 26.0 Å². The van der Waals surface area contributed by atoms with Gasteiger partial charge in [0.25, 0.3) is 5.91 Å². The summed E-state index contributed by atoms with van der Waals surface area (Å²) in [6, 6.07) is 0.228. The van der Waals surface area contributed by atoms with Gasteiger partial charge in [-0.1, -0.05) is 12.5 Å². The van der Waals surface area contributed by atoms with Gasteiger partial charge in [-0.3, -0.25) is 14.2 Å². The predicted octanol–water partition coefficient (Wildman–Crippen LogP) is 3.20. The van der Waals surface area contributed by atoms with E-state index >= 15 is 4.39 Å². The number of carbonyl (C=O) groups excluding carboxylic acids is 2. The molecular weight excluding hydrogens is 522 g/mol. The third-order valence-electron chi connectivity index (χ3n) is 6.17. The van der Waals surface area contributed by atoms with Crippen molar-refractivity contribution in [1.29, 1.82) is 0 Å². The molecule has 10 nitrogen and oxygen atoms in total. The molecular formula is C25H23F4N7O3. The van der Waals surface area contributed by atoms with Crippen LogP contribution in [0.4, 0.5) is 23.4 Å². The highest BCUT2D eigenvalue weighted by molar-refractivity contribution is 6.00. The van der Waals surface area contributed by atoms with E-state index in [0.29, 0.717) is 16.3 Å². The minimum Gasteiger partial charge on any atom is -0.503 e. The number of methoxy groups -OCH3 is 1. The molecule has 3 N–H and O–H groups in total. The average Bonchev–Trinajstić information content (AvgIpc) is 3.56. The number of carbonyl (C=O) groups is 2. The molecule has 0 spiro atoms. The van der Waals surface area contributed by atoms with E-state index in [1.54, 1.807) is 0 Å². The van der Waals surface area contributed by atoms with Crippen LogP contribution in [0.25, 0.3) is 11.0 Å². The minimum absolute atomic E-state index is 0.143. The Bertz CT molecular complexity index is 1600. The first kappa shape index (κ1) is 27.2. The highest BCUT2D eigenvalue weighted by Crippen LogP contribution is 2.34. The molecule has 3 heterocycles. The van der Waals surface area contributed by atoms with Crippen LogP contribution < -0.4 is 11.1 Å². The van der Waals surface area contributed by atoms with Crippen molar-refractivity contribution >= 4 is 28.7 Å². The van der Waals surface area contributed by atoms with Gasteiger partial charge in [-0.25, -0.2) is 18.4 Å². The van der Waals surface area contributed by atoms with E-state index in [4.69, 9.17) is 10.5 Å². The SMILES string of the molecule is C=CC(=O)N1C[C@@H](n2nc(C#Cc3c(F)cc4c(nc(C)n4C(F)F)c3F)c(C(N)=O)c2NC)C/C1=C\OC. The second kappa shape index (κ2) is 10.5. The zero-order valence-corrected chi connectivity index (χ0v) is 21.1. The summed E-state index contributed by atoms with van der Waals surface area (Å²) in [6.07, 6.45) is 2.82. The minimum atomic E-state index is -3.06.